The van der Waals surface area contributed by atoms with Gasteiger partial charge in [-0.25, -0.2) is 0 Å². The maximum atomic E-state index is 5.12. The van der Waals surface area contributed by atoms with Gasteiger partial charge in [0.1, 0.15) is 0 Å². The van der Waals surface area contributed by atoms with E-state index in [0.717, 1.165) is 13.0 Å². The molecule has 1 aromatic heterocycles. The highest BCUT2D eigenvalue weighted by Crippen LogP contribution is 2.20. The van der Waals surface area contributed by atoms with E-state index in [2.05, 4.69) is 46.5 Å². The molecule has 5 nitrogen and oxygen atoms in total. The molecule has 1 atom stereocenters. The largest absolute Gasteiger partial charge is 0.481 e. The number of nitrogens with one attached hydrogen (secondary N) is 1. The molecule has 0 saturated carbocycles. The van der Waals surface area contributed by atoms with Crippen LogP contribution in [-0.4, -0.2) is 30.7 Å². The first-order valence-corrected chi connectivity index (χ1v) is 6.99. The summed E-state index contributed by atoms with van der Waals surface area (Å²) in [4.78, 5) is 8.49. The van der Waals surface area contributed by atoms with Gasteiger partial charge in [-0.15, -0.1) is 0 Å². The summed E-state index contributed by atoms with van der Waals surface area (Å²) in [7, 11) is 3.14. The van der Waals surface area contributed by atoms with Crippen LogP contribution in [0.1, 0.15) is 24.8 Å². The monoisotopic (exact) mass is 287 g/mol. The molecule has 0 aliphatic carbocycles. The standard InChI is InChI=1S/C16H21N3O2/c1-12(13-7-5-4-6-8-13)9-10-17-16-18-14(20-2)11-15(19-16)21-3/h4-8,11-12H,9-10H2,1-3H3,(H,17,18,19). The number of aromatic nitrogens is 2. The maximum Gasteiger partial charge on any atom is 0.229 e. The van der Waals surface area contributed by atoms with Gasteiger partial charge in [-0.05, 0) is 17.9 Å². The van der Waals surface area contributed by atoms with E-state index in [9.17, 15) is 0 Å². The Morgan fingerprint density at radius 3 is 2.24 bits per heavy atom. The predicted molar refractivity (Wildman–Crippen MR) is 83.1 cm³/mol. The topological polar surface area (TPSA) is 56.3 Å². The molecule has 1 heterocycles. The van der Waals surface area contributed by atoms with Crippen molar-refractivity contribution in [1.82, 2.24) is 9.97 Å². The number of rotatable bonds is 7. The predicted octanol–water partition coefficient (Wildman–Crippen LogP) is 3.10. The molecule has 1 aromatic carbocycles. The fourth-order valence-corrected chi connectivity index (χ4v) is 2.04. The van der Waals surface area contributed by atoms with Crippen LogP contribution in [-0.2, 0) is 0 Å². The average Bonchev–Trinajstić information content (AvgIpc) is 2.55. The van der Waals surface area contributed by atoms with E-state index in [1.54, 1.807) is 20.3 Å². The molecule has 21 heavy (non-hydrogen) atoms. The molecule has 0 aliphatic rings. The molecule has 0 spiro atoms. The van der Waals surface area contributed by atoms with E-state index >= 15 is 0 Å². The van der Waals surface area contributed by atoms with Gasteiger partial charge >= 0.3 is 0 Å². The minimum Gasteiger partial charge on any atom is -0.481 e. The van der Waals surface area contributed by atoms with Crippen molar-refractivity contribution in [2.24, 2.45) is 0 Å². The second kappa shape index (κ2) is 7.47. The molecule has 0 radical (unpaired) electrons. The maximum absolute atomic E-state index is 5.12. The van der Waals surface area contributed by atoms with Crippen LogP contribution in [0.2, 0.25) is 0 Å². The Hall–Kier alpha value is -2.30. The third-order valence-corrected chi connectivity index (χ3v) is 3.33. The average molecular weight is 287 g/mol. The molecule has 0 aliphatic heterocycles. The summed E-state index contributed by atoms with van der Waals surface area (Å²) in [6.07, 6.45) is 0.993. The van der Waals surface area contributed by atoms with Crippen LogP contribution >= 0.6 is 0 Å². The van der Waals surface area contributed by atoms with Crippen molar-refractivity contribution in [3.63, 3.8) is 0 Å². The van der Waals surface area contributed by atoms with Crippen molar-refractivity contribution >= 4 is 5.95 Å². The molecule has 0 fully saturated rings. The van der Waals surface area contributed by atoms with Crippen molar-refractivity contribution in [3.8, 4) is 11.8 Å². The molecule has 1 unspecified atom stereocenters. The van der Waals surface area contributed by atoms with Gasteiger partial charge in [-0.2, -0.15) is 9.97 Å². The normalized spacial score (nSPS) is 11.8. The van der Waals surface area contributed by atoms with Gasteiger partial charge in [0.25, 0.3) is 0 Å². The molecule has 0 amide bonds. The van der Waals surface area contributed by atoms with Gasteiger partial charge < -0.3 is 14.8 Å². The van der Waals surface area contributed by atoms with E-state index in [1.165, 1.54) is 5.56 Å². The zero-order chi connectivity index (χ0) is 15.1. The van der Waals surface area contributed by atoms with Crippen LogP contribution in [0, 0.1) is 0 Å². The Labute approximate surface area is 125 Å². The number of benzene rings is 1. The molecule has 112 valence electrons. The molecule has 0 saturated heterocycles. The van der Waals surface area contributed by atoms with E-state index in [4.69, 9.17) is 9.47 Å². The van der Waals surface area contributed by atoms with E-state index in [1.807, 2.05) is 6.07 Å². The van der Waals surface area contributed by atoms with Gasteiger partial charge in [0.2, 0.25) is 17.7 Å². The van der Waals surface area contributed by atoms with Crippen molar-refractivity contribution in [3.05, 3.63) is 42.0 Å². The SMILES string of the molecule is COc1cc(OC)nc(NCCC(C)c2ccccc2)n1. The van der Waals surface area contributed by atoms with Gasteiger partial charge in [-0.1, -0.05) is 37.3 Å². The van der Waals surface area contributed by atoms with Crippen molar-refractivity contribution in [2.45, 2.75) is 19.3 Å². The lowest BCUT2D eigenvalue weighted by molar-refractivity contribution is 0.373. The smallest absolute Gasteiger partial charge is 0.229 e. The van der Waals surface area contributed by atoms with Gasteiger partial charge in [0, 0.05) is 6.54 Å². The summed E-state index contributed by atoms with van der Waals surface area (Å²) in [6, 6.07) is 12.1. The lowest BCUT2D eigenvalue weighted by Crippen LogP contribution is -2.09. The van der Waals surface area contributed by atoms with Crippen LogP contribution < -0.4 is 14.8 Å². The van der Waals surface area contributed by atoms with Crippen LogP contribution in [0.25, 0.3) is 0 Å². The Bertz CT molecular complexity index is 538. The van der Waals surface area contributed by atoms with Crippen LogP contribution in [0.5, 0.6) is 11.8 Å². The van der Waals surface area contributed by atoms with Crippen LogP contribution in [0.3, 0.4) is 0 Å². The Morgan fingerprint density at radius 2 is 1.67 bits per heavy atom. The zero-order valence-corrected chi connectivity index (χ0v) is 12.7. The number of hydrogen-bond donors (Lipinski definition) is 1. The summed E-state index contributed by atoms with van der Waals surface area (Å²) in [5.41, 5.74) is 1.34. The first-order chi connectivity index (χ1) is 10.2. The number of anilines is 1. The molecule has 2 aromatic rings. The zero-order valence-electron chi connectivity index (χ0n) is 12.7. The summed E-state index contributed by atoms with van der Waals surface area (Å²) in [5, 5.41) is 3.21. The Morgan fingerprint density at radius 1 is 1.05 bits per heavy atom. The van der Waals surface area contributed by atoms with Gasteiger partial charge in [0.05, 0.1) is 20.3 Å². The summed E-state index contributed by atoms with van der Waals surface area (Å²) >= 11 is 0. The number of nitrogens with zero attached hydrogens (tertiary/aromatic N) is 2. The van der Waals surface area contributed by atoms with Crippen LogP contribution in [0.15, 0.2) is 36.4 Å². The highest BCUT2D eigenvalue weighted by Gasteiger charge is 2.07. The first-order valence-electron chi connectivity index (χ1n) is 6.99. The van der Waals surface area contributed by atoms with E-state index < -0.39 is 0 Å². The van der Waals surface area contributed by atoms with Crippen molar-refractivity contribution in [2.75, 3.05) is 26.1 Å². The van der Waals surface area contributed by atoms with Gasteiger partial charge in [0.15, 0.2) is 0 Å². The Balaban J connectivity index is 1.91. The molecule has 0 bridgehead atoms. The Kier molecular flexibility index (Phi) is 5.37. The lowest BCUT2D eigenvalue weighted by Gasteiger charge is -2.13. The quantitative estimate of drug-likeness (QED) is 0.848. The number of ether oxygens (including phenoxy) is 2. The summed E-state index contributed by atoms with van der Waals surface area (Å²) in [5.74, 6) is 1.97. The minimum atomic E-state index is 0.478. The molecular formula is C16H21N3O2. The van der Waals surface area contributed by atoms with E-state index in [0.29, 0.717) is 23.6 Å². The van der Waals surface area contributed by atoms with Crippen LogP contribution in [0.4, 0.5) is 5.95 Å². The highest BCUT2D eigenvalue weighted by molar-refractivity contribution is 5.33. The third-order valence-electron chi connectivity index (χ3n) is 3.33. The molecule has 5 heteroatoms. The summed E-state index contributed by atoms with van der Waals surface area (Å²) < 4.78 is 10.2. The number of methoxy groups -OCH3 is 2. The van der Waals surface area contributed by atoms with Crippen molar-refractivity contribution in [1.29, 1.82) is 0 Å². The summed E-state index contributed by atoms with van der Waals surface area (Å²) in [6.45, 7) is 3.00. The van der Waals surface area contributed by atoms with Crippen molar-refractivity contribution < 1.29 is 9.47 Å². The van der Waals surface area contributed by atoms with E-state index in [-0.39, 0.29) is 0 Å². The second-order valence-corrected chi connectivity index (χ2v) is 4.80. The number of hydrogen-bond acceptors (Lipinski definition) is 5. The fourth-order valence-electron chi connectivity index (χ4n) is 2.04. The van der Waals surface area contributed by atoms with Gasteiger partial charge in [-0.3, -0.25) is 0 Å². The minimum absolute atomic E-state index is 0.478. The highest BCUT2D eigenvalue weighted by atomic mass is 16.5. The third kappa shape index (κ3) is 4.34. The fraction of sp³-hybridized carbons (Fsp3) is 0.375. The lowest BCUT2D eigenvalue weighted by atomic mass is 9.98. The first kappa shape index (κ1) is 15.1. The second-order valence-electron chi connectivity index (χ2n) is 4.80. The molecule has 1 N–H and O–H groups in total. The molecular weight excluding hydrogens is 266 g/mol. The molecule has 2 rings (SSSR count).